The van der Waals surface area contributed by atoms with Crippen LogP contribution in [0.1, 0.15) is 5.56 Å². The largest absolute Gasteiger partial charge is 0.497 e. The molecule has 26 heavy (non-hydrogen) atoms. The zero-order chi connectivity index (χ0) is 18.7. The van der Waals surface area contributed by atoms with Crippen LogP contribution in [0.5, 0.6) is 11.5 Å². The zero-order valence-electron chi connectivity index (χ0n) is 14.3. The summed E-state index contributed by atoms with van der Waals surface area (Å²) in [6.45, 7) is 0. The molecule has 6 heteroatoms. The Hall–Kier alpha value is -3.04. The minimum atomic E-state index is 0.174. The highest BCUT2D eigenvalue weighted by atomic mass is 79.9. The van der Waals surface area contributed by atoms with Crippen molar-refractivity contribution in [3.05, 3.63) is 58.6 Å². The summed E-state index contributed by atoms with van der Waals surface area (Å²) >= 11 is 3.42. The van der Waals surface area contributed by atoms with Crippen molar-refractivity contribution in [3.63, 3.8) is 0 Å². The van der Waals surface area contributed by atoms with Crippen molar-refractivity contribution in [1.82, 2.24) is 4.98 Å². The van der Waals surface area contributed by atoms with Crippen LogP contribution in [-0.4, -0.2) is 19.2 Å². The van der Waals surface area contributed by atoms with Crippen molar-refractivity contribution in [2.45, 2.75) is 0 Å². The van der Waals surface area contributed by atoms with Crippen molar-refractivity contribution in [2.75, 3.05) is 20.0 Å². The Kier molecular flexibility index (Phi) is 5.10. The lowest BCUT2D eigenvalue weighted by molar-refractivity contribution is 0.404. The van der Waals surface area contributed by atoms with Gasteiger partial charge in [-0.15, -0.1) is 0 Å². The van der Waals surface area contributed by atoms with Gasteiger partial charge in [0.05, 0.1) is 19.9 Å². The van der Waals surface area contributed by atoms with Crippen LogP contribution < -0.4 is 15.2 Å². The van der Waals surface area contributed by atoms with Crippen LogP contribution in [-0.2, 0) is 0 Å². The second kappa shape index (κ2) is 7.46. The molecule has 130 valence electrons. The lowest BCUT2D eigenvalue weighted by Crippen LogP contribution is -2.01. The Bertz CT molecular complexity index is 995. The van der Waals surface area contributed by atoms with E-state index in [2.05, 4.69) is 27.0 Å². The molecule has 0 saturated carbocycles. The molecule has 0 saturated heterocycles. The maximum Gasteiger partial charge on any atom is 0.142 e. The van der Waals surface area contributed by atoms with Gasteiger partial charge >= 0.3 is 0 Å². The third-order valence-electron chi connectivity index (χ3n) is 4.00. The van der Waals surface area contributed by atoms with Crippen molar-refractivity contribution in [2.24, 2.45) is 0 Å². The number of nitrogens with two attached hydrogens (primary N) is 1. The first-order chi connectivity index (χ1) is 12.6. The van der Waals surface area contributed by atoms with E-state index in [1.807, 2.05) is 48.5 Å². The summed E-state index contributed by atoms with van der Waals surface area (Å²) in [5.41, 5.74) is 9.37. The van der Waals surface area contributed by atoms with Gasteiger partial charge in [0.15, 0.2) is 0 Å². The van der Waals surface area contributed by atoms with Gasteiger partial charge in [-0.1, -0.05) is 28.1 Å². The average Bonchev–Trinajstić information content (AvgIpc) is 2.67. The minimum absolute atomic E-state index is 0.174. The topological polar surface area (TPSA) is 81.2 Å². The summed E-state index contributed by atoms with van der Waals surface area (Å²) in [5, 5.41) is 9.54. The highest BCUT2D eigenvalue weighted by Crippen LogP contribution is 2.37. The fourth-order valence-corrected chi connectivity index (χ4v) is 2.96. The minimum Gasteiger partial charge on any atom is -0.497 e. The maximum absolute atomic E-state index is 9.54. The molecule has 0 fully saturated rings. The molecule has 3 rings (SSSR count). The molecule has 0 atom stereocenters. The van der Waals surface area contributed by atoms with Crippen molar-refractivity contribution in [1.29, 1.82) is 5.26 Å². The van der Waals surface area contributed by atoms with Gasteiger partial charge in [0, 0.05) is 15.6 Å². The highest BCUT2D eigenvalue weighted by Gasteiger charge is 2.16. The highest BCUT2D eigenvalue weighted by molar-refractivity contribution is 9.10. The summed E-state index contributed by atoms with van der Waals surface area (Å²) in [5.74, 6) is 1.49. The number of anilines is 1. The summed E-state index contributed by atoms with van der Waals surface area (Å²) in [6, 6.07) is 17.1. The Morgan fingerprint density at radius 1 is 1.00 bits per heavy atom. The van der Waals surface area contributed by atoms with Gasteiger partial charge in [-0.3, -0.25) is 0 Å². The molecule has 0 bridgehead atoms. The van der Waals surface area contributed by atoms with E-state index in [0.717, 1.165) is 15.6 Å². The Morgan fingerprint density at radius 2 is 1.73 bits per heavy atom. The van der Waals surface area contributed by atoms with Gasteiger partial charge < -0.3 is 15.2 Å². The van der Waals surface area contributed by atoms with E-state index in [9.17, 15) is 5.26 Å². The molecule has 5 nitrogen and oxygen atoms in total. The molecule has 1 aromatic heterocycles. The van der Waals surface area contributed by atoms with E-state index in [1.54, 1.807) is 14.2 Å². The first-order valence-corrected chi connectivity index (χ1v) is 8.55. The molecule has 0 amide bonds. The first kappa shape index (κ1) is 17.8. The van der Waals surface area contributed by atoms with Crippen molar-refractivity contribution >= 4 is 21.7 Å². The third kappa shape index (κ3) is 3.35. The van der Waals surface area contributed by atoms with Crippen LogP contribution in [0, 0.1) is 11.3 Å². The Morgan fingerprint density at radius 3 is 2.35 bits per heavy atom. The third-order valence-corrected chi connectivity index (χ3v) is 4.53. The van der Waals surface area contributed by atoms with Crippen LogP contribution in [0.3, 0.4) is 0 Å². The van der Waals surface area contributed by atoms with Gasteiger partial charge in [-0.25, -0.2) is 4.98 Å². The summed E-state index contributed by atoms with van der Waals surface area (Å²) in [6.07, 6.45) is 0. The molecule has 2 N–H and O–H groups in total. The van der Waals surface area contributed by atoms with Crippen LogP contribution in [0.2, 0.25) is 0 Å². The summed E-state index contributed by atoms with van der Waals surface area (Å²) in [7, 11) is 3.19. The SMILES string of the molecule is COc1ccc(OC)c(-c2cc(-c3ccc(Br)cc3)c(C#N)c(N)n2)c1. The molecule has 0 aliphatic heterocycles. The van der Waals surface area contributed by atoms with Gasteiger partial charge in [0.1, 0.15) is 28.9 Å². The van der Waals surface area contributed by atoms with Crippen LogP contribution in [0.4, 0.5) is 5.82 Å². The number of benzene rings is 2. The summed E-state index contributed by atoms with van der Waals surface area (Å²) in [4.78, 5) is 4.41. The van der Waals surface area contributed by atoms with Crippen LogP contribution >= 0.6 is 15.9 Å². The molecular formula is C20H16BrN3O2. The Labute approximate surface area is 160 Å². The quantitative estimate of drug-likeness (QED) is 0.677. The number of ether oxygens (including phenoxy) is 2. The standard InChI is InChI=1S/C20H16BrN3O2/c1-25-14-7-8-19(26-2)16(9-14)18-10-15(17(11-22)20(23)24-18)12-3-5-13(21)6-4-12/h3-10H,1-2H3,(H2,23,24). The van der Waals surface area contributed by atoms with Gasteiger partial charge in [0.2, 0.25) is 0 Å². The number of halogens is 1. The summed E-state index contributed by atoms with van der Waals surface area (Å²) < 4.78 is 11.7. The molecule has 1 heterocycles. The van der Waals surface area contributed by atoms with Gasteiger partial charge in [-0.05, 0) is 42.0 Å². The van der Waals surface area contributed by atoms with Crippen molar-refractivity contribution < 1.29 is 9.47 Å². The van der Waals surface area contributed by atoms with E-state index in [0.29, 0.717) is 28.3 Å². The van der Waals surface area contributed by atoms with E-state index < -0.39 is 0 Å². The number of methoxy groups -OCH3 is 2. The first-order valence-electron chi connectivity index (χ1n) is 7.76. The number of nitriles is 1. The fraction of sp³-hybridized carbons (Fsp3) is 0.100. The normalized spacial score (nSPS) is 10.2. The van der Waals surface area contributed by atoms with E-state index in [4.69, 9.17) is 15.2 Å². The smallest absolute Gasteiger partial charge is 0.142 e. The lowest BCUT2D eigenvalue weighted by atomic mass is 9.98. The Balaban J connectivity index is 2.25. The second-order valence-electron chi connectivity index (χ2n) is 5.50. The molecule has 0 aliphatic carbocycles. The monoisotopic (exact) mass is 409 g/mol. The number of hydrogen-bond acceptors (Lipinski definition) is 5. The van der Waals surface area contributed by atoms with Crippen LogP contribution in [0.25, 0.3) is 22.4 Å². The lowest BCUT2D eigenvalue weighted by Gasteiger charge is -2.13. The van der Waals surface area contributed by atoms with Crippen molar-refractivity contribution in [3.8, 4) is 40.0 Å². The fourth-order valence-electron chi connectivity index (χ4n) is 2.69. The number of hydrogen-bond donors (Lipinski definition) is 1. The maximum atomic E-state index is 9.54. The molecule has 0 aliphatic rings. The number of pyridine rings is 1. The van der Waals surface area contributed by atoms with E-state index in [-0.39, 0.29) is 5.82 Å². The average molecular weight is 410 g/mol. The predicted octanol–water partition coefficient (Wildman–Crippen LogP) is 4.65. The number of nitrogens with zero attached hydrogens (tertiary/aromatic N) is 2. The molecule has 0 unspecified atom stereocenters. The molecule has 3 aromatic rings. The molecule has 0 radical (unpaired) electrons. The number of rotatable bonds is 4. The number of nitrogen functional groups attached to an aromatic ring is 1. The molecular weight excluding hydrogens is 394 g/mol. The number of aromatic nitrogens is 1. The molecule has 0 spiro atoms. The van der Waals surface area contributed by atoms with Crippen LogP contribution in [0.15, 0.2) is 53.0 Å². The second-order valence-corrected chi connectivity index (χ2v) is 6.42. The van der Waals surface area contributed by atoms with Gasteiger partial charge in [-0.2, -0.15) is 5.26 Å². The van der Waals surface area contributed by atoms with E-state index in [1.165, 1.54) is 0 Å². The van der Waals surface area contributed by atoms with Gasteiger partial charge in [0.25, 0.3) is 0 Å². The zero-order valence-corrected chi connectivity index (χ0v) is 15.9. The molecule has 2 aromatic carbocycles. The van der Waals surface area contributed by atoms with E-state index >= 15 is 0 Å². The predicted molar refractivity (Wildman–Crippen MR) is 105 cm³/mol.